The van der Waals surface area contributed by atoms with E-state index in [0.717, 1.165) is 31.8 Å². The first-order valence-corrected chi connectivity index (χ1v) is 10.3. The molecule has 0 aliphatic heterocycles. The molecule has 0 saturated carbocycles. The molecule has 0 saturated heterocycles. The number of fused-ring (bicyclic) bond motifs is 1. The number of benzene rings is 1. The number of imidazole rings is 1. The van der Waals surface area contributed by atoms with Crippen molar-refractivity contribution in [1.82, 2.24) is 24.9 Å². The maximum absolute atomic E-state index is 13.1. The minimum atomic E-state index is -0.267. The molecule has 0 unspecified atom stereocenters. The van der Waals surface area contributed by atoms with Crippen molar-refractivity contribution in [1.29, 1.82) is 0 Å². The summed E-state index contributed by atoms with van der Waals surface area (Å²) in [7, 11) is 0. The fraction of sp³-hybridized carbons (Fsp3) is 0.158. The molecule has 28 heavy (non-hydrogen) atoms. The number of thioether (sulfide) groups is 1. The van der Waals surface area contributed by atoms with Gasteiger partial charge in [0.15, 0.2) is 4.96 Å². The van der Waals surface area contributed by atoms with E-state index >= 15 is 0 Å². The Bertz CT molecular complexity index is 1110. The van der Waals surface area contributed by atoms with Crippen LogP contribution in [0.1, 0.15) is 10.6 Å². The van der Waals surface area contributed by atoms with Gasteiger partial charge in [-0.3, -0.25) is 9.20 Å². The molecule has 4 aromatic rings. The summed E-state index contributed by atoms with van der Waals surface area (Å²) in [6, 6.07) is 9.89. The fourth-order valence-corrected chi connectivity index (χ4v) is 4.35. The Morgan fingerprint density at radius 2 is 2.11 bits per heavy atom. The fourth-order valence-electron chi connectivity index (χ4n) is 2.65. The highest BCUT2D eigenvalue weighted by molar-refractivity contribution is 7.99. The van der Waals surface area contributed by atoms with Crippen LogP contribution in [-0.2, 0) is 11.3 Å². The Labute approximate surface area is 168 Å². The summed E-state index contributed by atoms with van der Waals surface area (Å²) >= 11 is 2.88. The molecule has 3 heterocycles. The van der Waals surface area contributed by atoms with Crippen molar-refractivity contribution < 1.29 is 9.18 Å². The lowest BCUT2D eigenvalue weighted by molar-refractivity contribution is -0.118. The largest absolute Gasteiger partial charge is 0.350 e. The summed E-state index contributed by atoms with van der Waals surface area (Å²) in [4.78, 5) is 18.6. The second-order valence-electron chi connectivity index (χ2n) is 6.02. The van der Waals surface area contributed by atoms with Crippen LogP contribution in [0.5, 0.6) is 0 Å². The zero-order valence-corrected chi connectivity index (χ0v) is 16.6. The number of nitrogens with one attached hydrogen (secondary N) is 1. The number of rotatable bonds is 6. The van der Waals surface area contributed by atoms with E-state index in [1.807, 2.05) is 23.6 Å². The summed E-state index contributed by atoms with van der Waals surface area (Å²) in [5.41, 5.74) is 2.70. The molecule has 0 atom stereocenters. The molecule has 1 N–H and O–H groups in total. The van der Waals surface area contributed by atoms with Crippen LogP contribution in [0.3, 0.4) is 0 Å². The maximum atomic E-state index is 13.1. The molecule has 1 aromatic carbocycles. The van der Waals surface area contributed by atoms with Gasteiger partial charge >= 0.3 is 0 Å². The molecule has 0 bridgehead atoms. The van der Waals surface area contributed by atoms with Crippen molar-refractivity contribution in [3.8, 4) is 11.3 Å². The van der Waals surface area contributed by atoms with Crippen LogP contribution in [0, 0.1) is 12.7 Å². The number of carbonyl (C=O) groups excluding carboxylic acids is 1. The van der Waals surface area contributed by atoms with Gasteiger partial charge in [-0.15, -0.1) is 5.10 Å². The Morgan fingerprint density at radius 1 is 1.29 bits per heavy atom. The third-order valence-corrected chi connectivity index (χ3v) is 6.21. The van der Waals surface area contributed by atoms with Gasteiger partial charge in [0.25, 0.3) is 0 Å². The van der Waals surface area contributed by atoms with E-state index in [2.05, 4.69) is 20.5 Å². The predicted octanol–water partition coefficient (Wildman–Crippen LogP) is 3.71. The van der Waals surface area contributed by atoms with Crippen LogP contribution in [0.25, 0.3) is 16.2 Å². The highest BCUT2D eigenvalue weighted by Gasteiger charge is 2.14. The van der Waals surface area contributed by atoms with Crippen molar-refractivity contribution in [3.63, 3.8) is 0 Å². The lowest BCUT2D eigenvalue weighted by Gasteiger charge is -2.04. The highest BCUT2D eigenvalue weighted by atomic mass is 32.2. The van der Waals surface area contributed by atoms with Gasteiger partial charge in [0, 0.05) is 28.5 Å². The number of thiazole rings is 1. The minimum absolute atomic E-state index is 0.0619. The summed E-state index contributed by atoms with van der Waals surface area (Å²) < 4.78 is 15.1. The third-order valence-electron chi connectivity index (χ3n) is 4.14. The van der Waals surface area contributed by atoms with Gasteiger partial charge in [0.2, 0.25) is 5.91 Å². The molecule has 3 aromatic heterocycles. The number of carbonyl (C=O) groups is 1. The second-order valence-corrected chi connectivity index (χ2v) is 8.08. The molecule has 6 nitrogen and oxygen atoms in total. The summed E-state index contributed by atoms with van der Waals surface area (Å²) in [6.45, 7) is 2.45. The first-order chi connectivity index (χ1) is 13.6. The van der Waals surface area contributed by atoms with Gasteiger partial charge in [-0.25, -0.2) is 9.37 Å². The van der Waals surface area contributed by atoms with Crippen molar-refractivity contribution in [2.24, 2.45) is 0 Å². The van der Waals surface area contributed by atoms with E-state index in [0.29, 0.717) is 6.54 Å². The monoisotopic (exact) mass is 413 g/mol. The zero-order chi connectivity index (χ0) is 19.5. The normalized spacial score (nSPS) is 11.1. The van der Waals surface area contributed by atoms with Crippen molar-refractivity contribution >= 4 is 34.0 Å². The molecule has 1 amide bonds. The van der Waals surface area contributed by atoms with E-state index in [4.69, 9.17) is 0 Å². The molecular weight excluding hydrogens is 397 g/mol. The number of aromatic nitrogens is 4. The third kappa shape index (κ3) is 4.05. The van der Waals surface area contributed by atoms with E-state index in [9.17, 15) is 9.18 Å². The Morgan fingerprint density at radius 3 is 2.82 bits per heavy atom. The molecular formula is C19H16FN5OS2. The quantitative estimate of drug-likeness (QED) is 0.488. The SMILES string of the molecule is Cc1c(CNC(=O)CSc2cccnn2)sc2nc(-c3ccc(F)cc3)cn12. The average molecular weight is 414 g/mol. The Balaban J connectivity index is 1.40. The van der Waals surface area contributed by atoms with Crippen molar-refractivity contribution in [2.45, 2.75) is 18.5 Å². The Kier molecular flexibility index (Phi) is 5.36. The van der Waals surface area contributed by atoms with Crippen molar-refractivity contribution in [3.05, 3.63) is 65.2 Å². The van der Waals surface area contributed by atoms with Crippen LogP contribution in [-0.4, -0.2) is 31.2 Å². The van der Waals surface area contributed by atoms with Gasteiger partial charge in [0.1, 0.15) is 10.8 Å². The van der Waals surface area contributed by atoms with Crippen LogP contribution >= 0.6 is 23.1 Å². The number of hydrogen-bond acceptors (Lipinski definition) is 6. The number of halogens is 1. The first-order valence-electron chi connectivity index (χ1n) is 8.50. The topological polar surface area (TPSA) is 72.2 Å². The van der Waals surface area contributed by atoms with Crippen LogP contribution in [0.15, 0.2) is 53.8 Å². The maximum Gasteiger partial charge on any atom is 0.230 e. The zero-order valence-electron chi connectivity index (χ0n) is 14.9. The van der Waals surface area contributed by atoms with Crippen LogP contribution in [0.2, 0.25) is 0 Å². The van der Waals surface area contributed by atoms with E-state index < -0.39 is 0 Å². The Hall–Kier alpha value is -2.78. The standard InChI is InChI=1S/C19H16FN5OS2/c1-12-16(9-21-17(26)11-27-18-3-2-8-22-24-18)28-19-23-15(10-25(12)19)13-4-6-14(20)7-5-13/h2-8,10H,9,11H2,1H3,(H,21,26). The van der Waals surface area contributed by atoms with Gasteiger partial charge in [0.05, 0.1) is 18.0 Å². The van der Waals surface area contributed by atoms with Gasteiger partial charge in [-0.1, -0.05) is 23.1 Å². The molecule has 0 spiro atoms. The lowest BCUT2D eigenvalue weighted by atomic mass is 10.2. The lowest BCUT2D eigenvalue weighted by Crippen LogP contribution is -2.24. The average Bonchev–Trinajstić information content (AvgIpc) is 3.25. The highest BCUT2D eigenvalue weighted by Crippen LogP contribution is 2.27. The smallest absolute Gasteiger partial charge is 0.230 e. The second kappa shape index (κ2) is 8.07. The number of hydrogen-bond donors (Lipinski definition) is 1. The van der Waals surface area contributed by atoms with Gasteiger partial charge in [-0.05, 0) is 43.3 Å². The number of amides is 1. The molecule has 0 aliphatic carbocycles. The minimum Gasteiger partial charge on any atom is -0.350 e. The number of aryl methyl sites for hydroxylation is 1. The van der Waals surface area contributed by atoms with Crippen molar-refractivity contribution in [2.75, 3.05) is 5.75 Å². The van der Waals surface area contributed by atoms with E-state index in [1.165, 1.54) is 35.2 Å². The van der Waals surface area contributed by atoms with Gasteiger partial charge in [-0.2, -0.15) is 5.10 Å². The van der Waals surface area contributed by atoms with Crippen LogP contribution in [0.4, 0.5) is 4.39 Å². The molecule has 9 heteroatoms. The van der Waals surface area contributed by atoms with E-state index in [-0.39, 0.29) is 17.5 Å². The molecule has 4 rings (SSSR count). The van der Waals surface area contributed by atoms with Gasteiger partial charge < -0.3 is 5.32 Å². The molecule has 0 fully saturated rings. The molecule has 0 radical (unpaired) electrons. The number of nitrogens with zero attached hydrogens (tertiary/aromatic N) is 4. The van der Waals surface area contributed by atoms with Crippen LogP contribution < -0.4 is 5.32 Å². The summed E-state index contributed by atoms with van der Waals surface area (Å²) in [6.07, 6.45) is 3.53. The summed E-state index contributed by atoms with van der Waals surface area (Å²) in [5, 5.41) is 11.4. The first kappa shape index (κ1) is 18.6. The molecule has 0 aliphatic rings. The van der Waals surface area contributed by atoms with E-state index in [1.54, 1.807) is 24.4 Å². The predicted molar refractivity (Wildman–Crippen MR) is 108 cm³/mol. The molecule has 142 valence electrons. The summed E-state index contributed by atoms with van der Waals surface area (Å²) in [5.74, 6) is -0.0425.